The second kappa shape index (κ2) is 9.42. The van der Waals surface area contributed by atoms with E-state index in [1.54, 1.807) is 0 Å². The summed E-state index contributed by atoms with van der Waals surface area (Å²) < 4.78 is 0. The molecule has 2 aliphatic rings. The molecule has 2 unspecified atom stereocenters. The number of piperazine rings is 1. The van der Waals surface area contributed by atoms with Crippen LogP contribution in [-0.4, -0.2) is 53.0 Å². The Balaban J connectivity index is 1.35. The van der Waals surface area contributed by atoms with Gasteiger partial charge in [-0.15, -0.1) is 0 Å². The molecule has 3 heteroatoms. The molecule has 2 aliphatic heterocycles. The topological polar surface area (TPSA) is 9.72 Å². The molecule has 2 aromatic carbocycles. The average Bonchev–Trinajstić information content (AvgIpc) is 3.20. The van der Waals surface area contributed by atoms with Gasteiger partial charge in [0.1, 0.15) is 0 Å². The Morgan fingerprint density at radius 2 is 1.31 bits per heavy atom. The fourth-order valence-electron chi connectivity index (χ4n) is 5.09. The van der Waals surface area contributed by atoms with Crippen LogP contribution in [0.15, 0.2) is 48.5 Å². The monoisotopic (exact) mass is 391 g/mol. The highest BCUT2D eigenvalue weighted by atomic mass is 15.3. The van der Waals surface area contributed by atoms with E-state index in [1.807, 2.05) is 0 Å². The first kappa shape index (κ1) is 20.6. The molecule has 0 aromatic heterocycles. The van der Waals surface area contributed by atoms with E-state index in [2.05, 4.69) is 84.0 Å². The lowest BCUT2D eigenvalue weighted by Gasteiger charge is -2.44. The van der Waals surface area contributed by atoms with E-state index in [0.29, 0.717) is 12.1 Å². The summed E-state index contributed by atoms with van der Waals surface area (Å²) in [5, 5.41) is 0. The molecule has 0 N–H and O–H groups in total. The van der Waals surface area contributed by atoms with Gasteiger partial charge in [0.15, 0.2) is 0 Å². The standard InChI is InChI=1S/C26H37N3/c1-21-9-11-24(12-10-21)18-28-16-22(2)29(23(3)17-28)20-26-8-6-7-25(15-26)19-27-13-4-5-14-27/h6-12,15,22-23H,4-5,13-14,16-20H2,1-3H3. The summed E-state index contributed by atoms with van der Waals surface area (Å²) in [6, 6.07) is 19.5. The molecule has 156 valence electrons. The molecule has 2 atom stereocenters. The van der Waals surface area contributed by atoms with Gasteiger partial charge in [-0.3, -0.25) is 14.7 Å². The van der Waals surface area contributed by atoms with Crippen molar-refractivity contribution < 1.29 is 0 Å². The quantitative estimate of drug-likeness (QED) is 0.707. The van der Waals surface area contributed by atoms with E-state index >= 15 is 0 Å². The molecule has 0 aliphatic carbocycles. The molecule has 2 aromatic rings. The number of rotatable bonds is 6. The van der Waals surface area contributed by atoms with Gasteiger partial charge in [0.2, 0.25) is 0 Å². The average molecular weight is 392 g/mol. The molecule has 0 spiro atoms. The summed E-state index contributed by atoms with van der Waals surface area (Å²) >= 11 is 0. The van der Waals surface area contributed by atoms with Gasteiger partial charge < -0.3 is 0 Å². The SMILES string of the molecule is Cc1ccc(CN2CC(C)N(Cc3cccc(CN4CCCC4)c3)C(C)C2)cc1. The first-order valence-corrected chi connectivity index (χ1v) is 11.4. The largest absolute Gasteiger partial charge is 0.299 e. The maximum Gasteiger partial charge on any atom is 0.0240 e. The number of hydrogen-bond donors (Lipinski definition) is 0. The third-order valence-electron chi connectivity index (χ3n) is 6.67. The number of hydrogen-bond acceptors (Lipinski definition) is 3. The van der Waals surface area contributed by atoms with Crippen LogP contribution in [-0.2, 0) is 19.6 Å². The normalized spacial score (nSPS) is 24.2. The number of nitrogens with zero attached hydrogens (tertiary/aromatic N) is 3. The molecule has 0 saturated carbocycles. The van der Waals surface area contributed by atoms with Crippen LogP contribution in [0.2, 0.25) is 0 Å². The van der Waals surface area contributed by atoms with Crippen LogP contribution in [0.1, 0.15) is 48.9 Å². The van der Waals surface area contributed by atoms with Gasteiger partial charge in [0.25, 0.3) is 0 Å². The van der Waals surface area contributed by atoms with Crippen molar-refractivity contribution in [1.82, 2.24) is 14.7 Å². The minimum atomic E-state index is 0.575. The number of benzene rings is 2. The van der Waals surface area contributed by atoms with Crippen molar-refractivity contribution in [2.24, 2.45) is 0 Å². The Bertz CT molecular complexity index is 767. The Hall–Kier alpha value is -1.68. The zero-order valence-corrected chi connectivity index (χ0v) is 18.5. The van der Waals surface area contributed by atoms with Gasteiger partial charge in [0, 0.05) is 44.8 Å². The van der Waals surface area contributed by atoms with Crippen LogP contribution in [0, 0.1) is 6.92 Å². The van der Waals surface area contributed by atoms with Crippen LogP contribution < -0.4 is 0 Å². The lowest BCUT2D eigenvalue weighted by atomic mass is 10.0. The summed E-state index contributed by atoms with van der Waals surface area (Å²) in [4.78, 5) is 7.91. The van der Waals surface area contributed by atoms with E-state index in [9.17, 15) is 0 Å². The molecule has 2 fully saturated rings. The Labute approximate surface area is 177 Å². The first-order valence-electron chi connectivity index (χ1n) is 11.4. The molecule has 29 heavy (non-hydrogen) atoms. The summed E-state index contributed by atoms with van der Waals surface area (Å²) in [6.07, 6.45) is 2.73. The molecule has 0 bridgehead atoms. The van der Waals surface area contributed by atoms with Gasteiger partial charge in [0.05, 0.1) is 0 Å². The summed E-state index contributed by atoms with van der Waals surface area (Å²) in [7, 11) is 0. The van der Waals surface area contributed by atoms with Gasteiger partial charge in [-0.1, -0.05) is 54.1 Å². The molecule has 2 saturated heterocycles. The van der Waals surface area contributed by atoms with Crippen molar-refractivity contribution >= 4 is 0 Å². The van der Waals surface area contributed by atoms with Crippen molar-refractivity contribution in [2.45, 2.75) is 65.3 Å². The highest BCUT2D eigenvalue weighted by molar-refractivity contribution is 5.24. The first-order chi connectivity index (χ1) is 14.1. The van der Waals surface area contributed by atoms with Gasteiger partial charge in [-0.2, -0.15) is 0 Å². The fraction of sp³-hybridized carbons (Fsp3) is 0.538. The lowest BCUT2D eigenvalue weighted by Crippen LogP contribution is -2.55. The van der Waals surface area contributed by atoms with Crippen LogP contribution in [0.25, 0.3) is 0 Å². The van der Waals surface area contributed by atoms with Gasteiger partial charge >= 0.3 is 0 Å². The Kier molecular flexibility index (Phi) is 6.69. The third-order valence-corrected chi connectivity index (χ3v) is 6.67. The zero-order valence-electron chi connectivity index (χ0n) is 18.5. The summed E-state index contributed by atoms with van der Waals surface area (Å²) in [6.45, 7) is 15.0. The maximum absolute atomic E-state index is 2.70. The predicted molar refractivity (Wildman–Crippen MR) is 122 cm³/mol. The van der Waals surface area contributed by atoms with Crippen LogP contribution in [0.3, 0.4) is 0 Å². The van der Waals surface area contributed by atoms with Crippen LogP contribution >= 0.6 is 0 Å². The van der Waals surface area contributed by atoms with E-state index in [4.69, 9.17) is 0 Å². The lowest BCUT2D eigenvalue weighted by molar-refractivity contribution is 0.0290. The molecular weight excluding hydrogens is 354 g/mol. The highest BCUT2D eigenvalue weighted by Gasteiger charge is 2.29. The molecular formula is C26H37N3. The molecule has 2 heterocycles. The van der Waals surface area contributed by atoms with Gasteiger partial charge in [-0.25, -0.2) is 0 Å². The smallest absolute Gasteiger partial charge is 0.0240 e. The highest BCUT2D eigenvalue weighted by Crippen LogP contribution is 2.22. The Morgan fingerprint density at radius 1 is 0.724 bits per heavy atom. The van der Waals surface area contributed by atoms with Gasteiger partial charge in [-0.05, 0) is 63.4 Å². The molecule has 0 amide bonds. The third kappa shape index (κ3) is 5.48. The number of likely N-dealkylation sites (tertiary alicyclic amines) is 1. The van der Waals surface area contributed by atoms with E-state index < -0.39 is 0 Å². The fourth-order valence-corrected chi connectivity index (χ4v) is 5.09. The van der Waals surface area contributed by atoms with E-state index in [1.165, 1.54) is 48.2 Å². The van der Waals surface area contributed by atoms with E-state index in [-0.39, 0.29) is 0 Å². The van der Waals surface area contributed by atoms with Crippen molar-refractivity contribution in [3.05, 3.63) is 70.8 Å². The van der Waals surface area contributed by atoms with E-state index in [0.717, 1.165) is 32.7 Å². The van der Waals surface area contributed by atoms with Crippen molar-refractivity contribution in [3.63, 3.8) is 0 Å². The molecule has 4 rings (SSSR count). The Morgan fingerprint density at radius 3 is 1.97 bits per heavy atom. The summed E-state index contributed by atoms with van der Waals surface area (Å²) in [5.41, 5.74) is 5.71. The second-order valence-corrected chi connectivity index (χ2v) is 9.35. The molecule has 3 nitrogen and oxygen atoms in total. The predicted octanol–water partition coefficient (Wildman–Crippen LogP) is 4.69. The minimum absolute atomic E-state index is 0.575. The van der Waals surface area contributed by atoms with Crippen molar-refractivity contribution in [1.29, 1.82) is 0 Å². The zero-order chi connectivity index (χ0) is 20.2. The summed E-state index contributed by atoms with van der Waals surface area (Å²) in [5.74, 6) is 0. The maximum atomic E-state index is 2.70. The second-order valence-electron chi connectivity index (χ2n) is 9.35. The molecule has 0 radical (unpaired) electrons. The van der Waals surface area contributed by atoms with Crippen LogP contribution in [0.4, 0.5) is 0 Å². The minimum Gasteiger partial charge on any atom is -0.299 e. The number of aryl methyl sites for hydroxylation is 1. The van der Waals surface area contributed by atoms with Crippen molar-refractivity contribution in [2.75, 3.05) is 26.2 Å². The van der Waals surface area contributed by atoms with Crippen LogP contribution in [0.5, 0.6) is 0 Å². The van der Waals surface area contributed by atoms with Crippen molar-refractivity contribution in [3.8, 4) is 0 Å².